The van der Waals surface area contributed by atoms with Gasteiger partial charge in [0.1, 0.15) is 0 Å². The van der Waals surface area contributed by atoms with Gasteiger partial charge in [-0.3, -0.25) is 4.99 Å². The zero-order valence-corrected chi connectivity index (χ0v) is 18.5. The molecule has 6 aliphatic rings. The monoisotopic (exact) mass is 411 g/mol. The summed E-state index contributed by atoms with van der Waals surface area (Å²) in [5.74, 6) is 2.18. The first-order valence-electron chi connectivity index (χ1n) is 12.1. The highest BCUT2D eigenvalue weighted by Crippen LogP contribution is 2.34. The molecular formula is C28H33N3. The highest BCUT2D eigenvalue weighted by Gasteiger charge is 2.38. The number of hydrogen-bond acceptors (Lipinski definition) is 3. The van der Waals surface area contributed by atoms with Gasteiger partial charge in [0.25, 0.3) is 0 Å². The van der Waals surface area contributed by atoms with Crippen LogP contribution in [0.5, 0.6) is 0 Å². The predicted molar refractivity (Wildman–Crippen MR) is 129 cm³/mol. The van der Waals surface area contributed by atoms with E-state index in [4.69, 9.17) is 4.99 Å². The standard InChI is InChI=1S/C28H33N3/c1-19-17-31-14-13-22(19)28(18-31)29-16-21-11-12-25(24-9-4-2-3-8-23(21)24)27-15-20-7-5-6-10-26(20)30-27/h2-8,10-12,19-20,22,26,28-29H,9,13-18H2,1H3. The van der Waals surface area contributed by atoms with E-state index in [2.05, 4.69) is 77.9 Å². The second kappa shape index (κ2) is 8.03. The minimum absolute atomic E-state index is 0.326. The van der Waals surface area contributed by atoms with E-state index in [-0.39, 0.29) is 0 Å². The maximum absolute atomic E-state index is 5.11. The van der Waals surface area contributed by atoms with Crippen molar-refractivity contribution in [1.29, 1.82) is 0 Å². The lowest BCUT2D eigenvalue weighted by Crippen LogP contribution is -2.59. The number of hydrogen-bond donors (Lipinski definition) is 1. The summed E-state index contributed by atoms with van der Waals surface area (Å²) < 4.78 is 0. The molecule has 3 fully saturated rings. The molecule has 0 spiro atoms. The molecule has 4 aliphatic heterocycles. The van der Waals surface area contributed by atoms with Crippen molar-refractivity contribution >= 4 is 11.8 Å². The molecule has 2 aliphatic carbocycles. The molecule has 160 valence electrons. The maximum Gasteiger partial charge on any atom is 0.0752 e. The third kappa shape index (κ3) is 3.58. The molecule has 6 atom stereocenters. The van der Waals surface area contributed by atoms with Crippen molar-refractivity contribution in [2.45, 2.75) is 44.8 Å². The molecular weight excluding hydrogens is 378 g/mol. The van der Waals surface area contributed by atoms with Gasteiger partial charge in [0.05, 0.1) is 6.04 Å². The average molecular weight is 412 g/mol. The Bertz CT molecular complexity index is 1010. The van der Waals surface area contributed by atoms with Crippen molar-refractivity contribution < 1.29 is 0 Å². The molecule has 0 saturated carbocycles. The molecule has 0 aromatic heterocycles. The summed E-state index contributed by atoms with van der Waals surface area (Å²) in [4.78, 5) is 7.76. The summed E-state index contributed by atoms with van der Waals surface area (Å²) in [7, 11) is 0. The van der Waals surface area contributed by atoms with E-state index in [1.54, 1.807) is 0 Å². The average Bonchev–Trinajstić information content (AvgIpc) is 3.06. The first kappa shape index (κ1) is 19.5. The van der Waals surface area contributed by atoms with Gasteiger partial charge < -0.3 is 10.2 Å². The van der Waals surface area contributed by atoms with Crippen molar-refractivity contribution in [2.75, 3.05) is 19.6 Å². The Morgan fingerprint density at radius 3 is 2.90 bits per heavy atom. The predicted octanol–water partition coefficient (Wildman–Crippen LogP) is 4.55. The second-order valence-electron chi connectivity index (χ2n) is 10.0. The highest BCUT2D eigenvalue weighted by molar-refractivity contribution is 6.04. The number of allylic oxidation sites excluding steroid dienone is 5. The normalized spacial score (nSPS) is 35.1. The van der Waals surface area contributed by atoms with Crippen LogP contribution in [0.25, 0.3) is 6.08 Å². The lowest BCUT2D eigenvalue weighted by atomic mass is 9.77. The Labute approximate surface area is 186 Å². The fourth-order valence-corrected chi connectivity index (χ4v) is 6.47. The molecule has 4 heterocycles. The SMILES string of the molecule is CC1CN2CCC1C(NCc1ccc(C3=NC4C=CC=CC4C3)c3c1C=CC=CC3)C2. The largest absolute Gasteiger partial charge is 0.308 e. The first-order valence-corrected chi connectivity index (χ1v) is 12.1. The molecule has 1 aromatic carbocycles. The van der Waals surface area contributed by atoms with E-state index in [1.165, 1.54) is 54.0 Å². The minimum Gasteiger partial charge on any atom is -0.308 e. The smallest absolute Gasteiger partial charge is 0.0752 e. The van der Waals surface area contributed by atoms with Gasteiger partial charge in [0, 0.05) is 37.3 Å². The Morgan fingerprint density at radius 2 is 2.03 bits per heavy atom. The van der Waals surface area contributed by atoms with Crippen molar-refractivity contribution in [3.05, 3.63) is 76.9 Å². The fourth-order valence-electron chi connectivity index (χ4n) is 6.47. The Balaban J connectivity index is 1.27. The van der Waals surface area contributed by atoms with E-state index in [1.807, 2.05) is 0 Å². The van der Waals surface area contributed by atoms with Gasteiger partial charge in [-0.25, -0.2) is 0 Å². The van der Waals surface area contributed by atoms with E-state index in [0.717, 1.165) is 31.2 Å². The van der Waals surface area contributed by atoms with Crippen molar-refractivity contribution in [3.63, 3.8) is 0 Å². The van der Waals surface area contributed by atoms with Crippen molar-refractivity contribution in [3.8, 4) is 0 Å². The van der Waals surface area contributed by atoms with Crippen LogP contribution in [0, 0.1) is 17.8 Å². The van der Waals surface area contributed by atoms with E-state index >= 15 is 0 Å². The summed E-state index contributed by atoms with van der Waals surface area (Å²) in [6, 6.07) is 5.66. The minimum atomic E-state index is 0.326. The summed E-state index contributed by atoms with van der Waals surface area (Å²) >= 11 is 0. The highest BCUT2D eigenvalue weighted by atomic mass is 15.2. The number of nitrogens with one attached hydrogen (secondary N) is 1. The molecule has 2 bridgehead atoms. The Kier molecular flexibility index (Phi) is 5.04. The van der Waals surface area contributed by atoms with Gasteiger partial charge in [-0.2, -0.15) is 0 Å². The first-order chi connectivity index (χ1) is 15.3. The fraction of sp³-hybridized carbons (Fsp3) is 0.464. The zero-order valence-electron chi connectivity index (χ0n) is 18.5. The van der Waals surface area contributed by atoms with Crippen LogP contribution in [0.2, 0.25) is 0 Å². The molecule has 1 N–H and O–H groups in total. The molecule has 31 heavy (non-hydrogen) atoms. The lowest BCUT2D eigenvalue weighted by molar-refractivity contribution is 0.0263. The van der Waals surface area contributed by atoms with Crippen LogP contribution in [0.4, 0.5) is 0 Å². The van der Waals surface area contributed by atoms with E-state index < -0.39 is 0 Å². The van der Waals surface area contributed by atoms with Gasteiger partial charge in [0.15, 0.2) is 0 Å². The van der Waals surface area contributed by atoms with E-state index in [0.29, 0.717) is 18.0 Å². The van der Waals surface area contributed by atoms with Crippen LogP contribution in [0.3, 0.4) is 0 Å². The van der Waals surface area contributed by atoms with Crippen LogP contribution < -0.4 is 5.32 Å². The van der Waals surface area contributed by atoms with Crippen molar-refractivity contribution in [1.82, 2.24) is 10.2 Å². The van der Waals surface area contributed by atoms with Gasteiger partial charge in [-0.15, -0.1) is 0 Å². The molecule has 0 amide bonds. The Morgan fingerprint density at radius 1 is 1.10 bits per heavy atom. The number of aliphatic imine (C=N–C) groups is 1. The van der Waals surface area contributed by atoms with E-state index in [9.17, 15) is 0 Å². The number of fused-ring (bicyclic) bond motifs is 5. The molecule has 3 nitrogen and oxygen atoms in total. The molecule has 3 heteroatoms. The van der Waals surface area contributed by atoms with Gasteiger partial charge in [-0.05, 0) is 59.9 Å². The summed E-state index contributed by atoms with van der Waals surface area (Å²) in [5, 5.41) is 3.96. The number of rotatable bonds is 4. The summed E-state index contributed by atoms with van der Waals surface area (Å²) in [6.45, 7) is 7.19. The molecule has 7 rings (SSSR count). The number of benzene rings is 1. The summed E-state index contributed by atoms with van der Waals surface area (Å²) in [5.41, 5.74) is 6.95. The van der Waals surface area contributed by atoms with Crippen LogP contribution >= 0.6 is 0 Å². The molecule has 1 aromatic rings. The number of nitrogens with zero attached hydrogens (tertiary/aromatic N) is 2. The topological polar surface area (TPSA) is 27.6 Å². The molecule has 3 saturated heterocycles. The van der Waals surface area contributed by atoms with Crippen molar-refractivity contribution in [2.24, 2.45) is 22.7 Å². The van der Waals surface area contributed by atoms with Crippen LogP contribution in [0.15, 0.2) is 59.7 Å². The third-order valence-corrected chi connectivity index (χ3v) is 8.12. The quantitative estimate of drug-likeness (QED) is 0.787. The molecule has 6 unspecified atom stereocenters. The third-order valence-electron chi connectivity index (χ3n) is 8.12. The molecule has 0 radical (unpaired) electrons. The van der Waals surface area contributed by atoms with Crippen LogP contribution in [0.1, 0.15) is 42.0 Å². The van der Waals surface area contributed by atoms with Crippen LogP contribution in [-0.2, 0) is 13.0 Å². The summed E-state index contributed by atoms with van der Waals surface area (Å²) in [6.07, 6.45) is 21.3. The maximum atomic E-state index is 5.11. The van der Waals surface area contributed by atoms with Gasteiger partial charge in [-0.1, -0.05) is 67.7 Å². The zero-order chi connectivity index (χ0) is 20.8. The van der Waals surface area contributed by atoms with Crippen LogP contribution in [-0.4, -0.2) is 42.3 Å². The van der Waals surface area contributed by atoms with Gasteiger partial charge in [0.2, 0.25) is 0 Å². The van der Waals surface area contributed by atoms with Gasteiger partial charge >= 0.3 is 0 Å². The lowest BCUT2D eigenvalue weighted by Gasteiger charge is -2.49. The Hall–Kier alpha value is -2.23. The number of piperidine rings is 3. The second-order valence-corrected chi connectivity index (χ2v) is 10.0.